The molecule has 1 aliphatic rings. The molecule has 3 N–H and O–H groups in total. The van der Waals surface area contributed by atoms with Gasteiger partial charge in [-0.1, -0.05) is 31.4 Å². The number of aromatic carboxylic acids is 1. The molecular formula is C14H19ClN2O3. The van der Waals surface area contributed by atoms with Crippen LogP contribution in [-0.4, -0.2) is 33.3 Å². The average molecular weight is 299 g/mol. The number of nitrogens with zero attached hydrogens (tertiary/aromatic N) is 1. The van der Waals surface area contributed by atoms with E-state index in [0.717, 1.165) is 25.7 Å². The van der Waals surface area contributed by atoms with Crippen LogP contribution in [0, 0.1) is 5.92 Å². The number of aliphatic hydroxyl groups is 1. The van der Waals surface area contributed by atoms with E-state index < -0.39 is 11.5 Å². The minimum absolute atomic E-state index is 0.00995. The van der Waals surface area contributed by atoms with Crippen molar-refractivity contribution in [1.82, 2.24) is 4.98 Å². The van der Waals surface area contributed by atoms with Gasteiger partial charge in [0.25, 0.3) is 0 Å². The molecule has 0 aromatic carbocycles. The van der Waals surface area contributed by atoms with Crippen molar-refractivity contribution >= 4 is 23.4 Å². The molecule has 0 amide bonds. The summed E-state index contributed by atoms with van der Waals surface area (Å²) >= 11 is 6.08. The highest BCUT2D eigenvalue weighted by molar-refractivity contribution is 6.33. The fourth-order valence-corrected chi connectivity index (χ4v) is 3.07. The first-order valence-electron chi connectivity index (χ1n) is 6.74. The summed E-state index contributed by atoms with van der Waals surface area (Å²) in [6.07, 6.45) is 5.17. The molecule has 0 aliphatic heterocycles. The van der Waals surface area contributed by atoms with Gasteiger partial charge in [0.05, 0.1) is 22.7 Å². The Morgan fingerprint density at radius 2 is 2.40 bits per heavy atom. The molecule has 0 saturated heterocycles. The molecule has 1 aromatic rings. The number of hydrogen-bond acceptors (Lipinski definition) is 4. The predicted molar refractivity (Wildman–Crippen MR) is 77.3 cm³/mol. The number of carboxylic acids is 1. The maximum atomic E-state index is 10.9. The summed E-state index contributed by atoms with van der Waals surface area (Å²) in [5.74, 6) is -0.102. The minimum atomic E-state index is -1.06. The smallest absolute Gasteiger partial charge is 0.337 e. The van der Waals surface area contributed by atoms with Crippen LogP contribution in [0.3, 0.4) is 0 Å². The Morgan fingerprint density at radius 1 is 1.65 bits per heavy atom. The zero-order valence-corrected chi connectivity index (χ0v) is 12.2. The van der Waals surface area contributed by atoms with Gasteiger partial charge in [0.2, 0.25) is 0 Å². The van der Waals surface area contributed by atoms with Crippen molar-refractivity contribution in [1.29, 1.82) is 0 Å². The molecule has 0 spiro atoms. The molecule has 2 atom stereocenters. The number of aromatic nitrogens is 1. The molecule has 0 radical (unpaired) electrons. The minimum Gasteiger partial charge on any atom is -0.478 e. The third-order valence-electron chi connectivity index (χ3n) is 3.87. The number of hydrogen-bond donors (Lipinski definition) is 3. The SMILES string of the molecule is CC1CCCC(CO)(Nc2ncc(C(=O)O)cc2Cl)C1. The van der Waals surface area contributed by atoms with E-state index in [2.05, 4.69) is 17.2 Å². The number of anilines is 1. The fraction of sp³-hybridized carbons (Fsp3) is 0.571. The molecule has 5 nitrogen and oxygen atoms in total. The molecule has 20 heavy (non-hydrogen) atoms. The largest absolute Gasteiger partial charge is 0.478 e. The highest BCUT2D eigenvalue weighted by atomic mass is 35.5. The standard InChI is InChI=1S/C14H19ClN2O3/c1-9-3-2-4-14(6-9,8-18)17-12-11(15)5-10(7-16-12)13(19)20/h5,7,9,18H,2-4,6,8H2,1H3,(H,16,17)(H,19,20). The number of aliphatic hydroxyl groups excluding tert-OH is 1. The van der Waals surface area contributed by atoms with Gasteiger partial charge in [0.15, 0.2) is 0 Å². The number of rotatable bonds is 4. The Hall–Kier alpha value is -1.33. The number of carboxylic acid groups (broad SMARTS) is 1. The van der Waals surface area contributed by atoms with Crippen LogP contribution in [0.15, 0.2) is 12.3 Å². The third-order valence-corrected chi connectivity index (χ3v) is 4.15. The normalized spacial score (nSPS) is 26.2. The molecule has 6 heteroatoms. The van der Waals surface area contributed by atoms with Crippen molar-refractivity contribution < 1.29 is 15.0 Å². The van der Waals surface area contributed by atoms with Crippen molar-refractivity contribution in [2.45, 2.75) is 38.1 Å². The Morgan fingerprint density at radius 3 is 2.95 bits per heavy atom. The summed E-state index contributed by atoms with van der Waals surface area (Å²) in [5.41, 5.74) is -0.366. The van der Waals surface area contributed by atoms with E-state index in [1.54, 1.807) is 0 Å². The lowest BCUT2D eigenvalue weighted by Gasteiger charge is -2.40. The monoisotopic (exact) mass is 298 g/mol. The van der Waals surface area contributed by atoms with Gasteiger partial charge < -0.3 is 15.5 Å². The lowest BCUT2D eigenvalue weighted by Crippen LogP contribution is -2.46. The Kier molecular flexibility index (Phi) is 4.50. The van der Waals surface area contributed by atoms with Gasteiger partial charge >= 0.3 is 5.97 Å². The Balaban J connectivity index is 2.21. The van der Waals surface area contributed by atoms with Crippen LogP contribution in [0.2, 0.25) is 5.02 Å². The van der Waals surface area contributed by atoms with Crippen LogP contribution in [0.1, 0.15) is 43.0 Å². The molecule has 1 fully saturated rings. The summed E-state index contributed by atoms with van der Waals surface area (Å²) in [7, 11) is 0. The first-order chi connectivity index (χ1) is 9.46. The van der Waals surface area contributed by atoms with Gasteiger partial charge in [0, 0.05) is 6.20 Å². The van der Waals surface area contributed by atoms with Crippen molar-refractivity contribution in [2.75, 3.05) is 11.9 Å². The summed E-state index contributed by atoms with van der Waals surface area (Å²) < 4.78 is 0. The summed E-state index contributed by atoms with van der Waals surface area (Å²) in [6, 6.07) is 1.37. The lowest BCUT2D eigenvalue weighted by molar-refractivity contribution is 0.0696. The molecule has 0 bridgehead atoms. The fourth-order valence-electron chi connectivity index (χ4n) is 2.85. The van der Waals surface area contributed by atoms with E-state index >= 15 is 0 Å². The molecule has 1 aliphatic carbocycles. The van der Waals surface area contributed by atoms with Gasteiger partial charge in [0.1, 0.15) is 5.82 Å². The van der Waals surface area contributed by atoms with E-state index in [1.807, 2.05) is 0 Å². The van der Waals surface area contributed by atoms with Gasteiger partial charge in [-0.3, -0.25) is 0 Å². The Labute approximate surface area is 123 Å². The highest BCUT2D eigenvalue weighted by Gasteiger charge is 2.35. The first kappa shape index (κ1) is 15.1. The number of carbonyl (C=O) groups is 1. The van der Waals surface area contributed by atoms with E-state index in [9.17, 15) is 9.90 Å². The van der Waals surface area contributed by atoms with Crippen LogP contribution < -0.4 is 5.32 Å². The topological polar surface area (TPSA) is 82.5 Å². The number of pyridine rings is 1. The second-order valence-corrected chi connectivity index (χ2v) is 6.03. The summed E-state index contributed by atoms with van der Waals surface area (Å²) in [6.45, 7) is 2.17. The van der Waals surface area contributed by atoms with Gasteiger partial charge in [-0.25, -0.2) is 9.78 Å². The Bertz CT molecular complexity index is 509. The van der Waals surface area contributed by atoms with Gasteiger partial charge in [-0.05, 0) is 24.8 Å². The predicted octanol–water partition coefficient (Wildman–Crippen LogP) is 2.79. The molecule has 1 heterocycles. The van der Waals surface area contributed by atoms with Crippen molar-refractivity contribution in [3.8, 4) is 0 Å². The second-order valence-electron chi connectivity index (χ2n) is 5.62. The first-order valence-corrected chi connectivity index (χ1v) is 7.11. The lowest BCUT2D eigenvalue weighted by atomic mass is 9.77. The van der Waals surface area contributed by atoms with E-state index in [4.69, 9.17) is 16.7 Å². The van der Waals surface area contributed by atoms with E-state index in [-0.39, 0.29) is 17.2 Å². The van der Waals surface area contributed by atoms with Crippen molar-refractivity contribution in [2.24, 2.45) is 5.92 Å². The molecule has 1 saturated carbocycles. The van der Waals surface area contributed by atoms with Crippen LogP contribution >= 0.6 is 11.6 Å². The maximum absolute atomic E-state index is 10.9. The number of nitrogens with one attached hydrogen (secondary N) is 1. The van der Waals surface area contributed by atoms with Crippen LogP contribution in [0.4, 0.5) is 5.82 Å². The highest BCUT2D eigenvalue weighted by Crippen LogP contribution is 2.35. The van der Waals surface area contributed by atoms with Gasteiger partial charge in [-0.2, -0.15) is 0 Å². The van der Waals surface area contributed by atoms with Crippen LogP contribution in [-0.2, 0) is 0 Å². The second kappa shape index (κ2) is 5.97. The third kappa shape index (κ3) is 3.22. The molecular weight excluding hydrogens is 280 g/mol. The zero-order chi connectivity index (χ0) is 14.8. The van der Waals surface area contributed by atoms with Crippen LogP contribution in [0.25, 0.3) is 0 Å². The summed E-state index contributed by atoms with van der Waals surface area (Å²) in [5, 5.41) is 22.1. The van der Waals surface area contributed by atoms with Gasteiger partial charge in [-0.15, -0.1) is 0 Å². The van der Waals surface area contributed by atoms with Crippen molar-refractivity contribution in [3.63, 3.8) is 0 Å². The molecule has 2 unspecified atom stereocenters. The summed E-state index contributed by atoms with van der Waals surface area (Å²) in [4.78, 5) is 14.9. The number of halogens is 1. The van der Waals surface area contributed by atoms with E-state index in [0.29, 0.717) is 11.7 Å². The van der Waals surface area contributed by atoms with Crippen molar-refractivity contribution in [3.05, 3.63) is 22.8 Å². The molecule has 110 valence electrons. The van der Waals surface area contributed by atoms with Crippen LogP contribution in [0.5, 0.6) is 0 Å². The molecule has 2 rings (SSSR count). The zero-order valence-electron chi connectivity index (χ0n) is 11.4. The van der Waals surface area contributed by atoms with E-state index in [1.165, 1.54) is 12.3 Å². The average Bonchev–Trinajstić information content (AvgIpc) is 2.41. The quantitative estimate of drug-likeness (QED) is 0.796. The maximum Gasteiger partial charge on any atom is 0.337 e. The molecule has 1 aromatic heterocycles.